The summed E-state index contributed by atoms with van der Waals surface area (Å²) >= 11 is 1.14. The fourth-order valence-electron chi connectivity index (χ4n) is 0.604. The van der Waals surface area contributed by atoms with E-state index in [1.165, 1.54) is 0 Å². The van der Waals surface area contributed by atoms with E-state index in [1.807, 2.05) is 19.2 Å². The Labute approximate surface area is 65.6 Å². The molecule has 56 valence electrons. The van der Waals surface area contributed by atoms with Crippen LogP contribution in [0.25, 0.3) is 0 Å². The van der Waals surface area contributed by atoms with Crippen molar-refractivity contribution in [1.29, 1.82) is 5.26 Å². The highest BCUT2D eigenvalue weighted by atomic mass is 32.2. The zero-order valence-electron chi connectivity index (χ0n) is 6.26. The number of thioether (sulfide) groups is 1. The highest BCUT2D eigenvalue weighted by molar-refractivity contribution is 8.03. The van der Waals surface area contributed by atoms with Gasteiger partial charge in [0.2, 0.25) is 0 Å². The minimum Gasteiger partial charge on any atom is -0.299 e. The van der Waals surface area contributed by atoms with Crippen molar-refractivity contribution in [3.63, 3.8) is 0 Å². The molecule has 1 atom stereocenters. The minimum absolute atomic E-state index is 0.0367. The van der Waals surface area contributed by atoms with Crippen LogP contribution in [0.3, 0.4) is 0 Å². The van der Waals surface area contributed by atoms with Crippen molar-refractivity contribution < 1.29 is 4.79 Å². The number of rotatable bonds is 4. The molecular weight excluding hydrogens is 146 g/mol. The van der Waals surface area contributed by atoms with Crippen LogP contribution in [0.1, 0.15) is 20.3 Å². The van der Waals surface area contributed by atoms with Gasteiger partial charge in [0.1, 0.15) is 11.2 Å². The monoisotopic (exact) mass is 157 g/mol. The topological polar surface area (TPSA) is 40.9 Å². The maximum Gasteiger partial charge on any atom is 0.136 e. The summed E-state index contributed by atoms with van der Waals surface area (Å²) in [7, 11) is 0. The van der Waals surface area contributed by atoms with E-state index in [2.05, 4.69) is 0 Å². The average molecular weight is 157 g/mol. The van der Waals surface area contributed by atoms with Gasteiger partial charge < -0.3 is 0 Å². The maximum atomic E-state index is 10.9. The van der Waals surface area contributed by atoms with Gasteiger partial charge in [-0.1, -0.05) is 13.8 Å². The lowest BCUT2D eigenvalue weighted by atomic mass is 10.1. The Morgan fingerprint density at radius 3 is 2.80 bits per heavy atom. The number of carbonyl (C=O) groups is 1. The van der Waals surface area contributed by atoms with E-state index >= 15 is 0 Å². The predicted molar refractivity (Wildman–Crippen MR) is 42.5 cm³/mol. The quantitative estimate of drug-likeness (QED) is 0.584. The van der Waals surface area contributed by atoms with Gasteiger partial charge in [-0.2, -0.15) is 5.26 Å². The summed E-state index contributed by atoms with van der Waals surface area (Å²) in [5.41, 5.74) is 0. The average Bonchev–Trinajstić information content (AvgIpc) is 1.98. The van der Waals surface area contributed by atoms with Crippen molar-refractivity contribution in [1.82, 2.24) is 0 Å². The SMILES string of the molecule is CCC(=O)C(C)CSC#N. The first-order valence-electron chi connectivity index (χ1n) is 3.26. The summed E-state index contributed by atoms with van der Waals surface area (Å²) in [6.45, 7) is 3.70. The normalized spacial score (nSPS) is 12.1. The van der Waals surface area contributed by atoms with E-state index in [0.29, 0.717) is 12.2 Å². The molecule has 0 saturated carbocycles. The standard InChI is InChI=1S/C7H11NOS/c1-3-7(9)6(2)4-10-5-8/h6H,3-4H2,1-2H3. The number of thiocyanates is 1. The Balaban J connectivity index is 3.53. The van der Waals surface area contributed by atoms with Gasteiger partial charge in [-0.3, -0.25) is 4.79 Å². The summed E-state index contributed by atoms with van der Waals surface area (Å²) in [5, 5.41) is 10.1. The second-order valence-corrected chi connectivity index (χ2v) is 2.93. The first-order valence-corrected chi connectivity index (χ1v) is 4.24. The van der Waals surface area contributed by atoms with Crippen molar-refractivity contribution in [2.45, 2.75) is 20.3 Å². The molecule has 10 heavy (non-hydrogen) atoms. The number of Topliss-reactive ketones (excluding diaryl/α,β-unsaturated/α-hetero) is 1. The molecule has 0 aliphatic heterocycles. The van der Waals surface area contributed by atoms with Gasteiger partial charge in [-0.05, 0) is 11.8 Å². The second-order valence-electron chi connectivity index (χ2n) is 2.12. The van der Waals surface area contributed by atoms with Crippen LogP contribution in [-0.2, 0) is 4.79 Å². The van der Waals surface area contributed by atoms with Gasteiger partial charge in [0.25, 0.3) is 0 Å². The summed E-state index contributed by atoms with van der Waals surface area (Å²) in [5.74, 6) is 0.904. The first-order chi connectivity index (χ1) is 4.72. The summed E-state index contributed by atoms with van der Waals surface area (Å²) < 4.78 is 0. The van der Waals surface area contributed by atoms with Crippen molar-refractivity contribution in [2.24, 2.45) is 5.92 Å². The summed E-state index contributed by atoms with van der Waals surface area (Å²) in [6, 6.07) is 0. The molecule has 0 heterocycles. The van der Waals surface area contributed by atoms with Crippen molar-refractivity contribution in [2.75, 3.05) is 5.75 Å². The molecule has 0 radical (unpaired) electrons. The van der Waals surface area contributed by atoms with Crippen molar-refractivity contribution in [3.8, 4) is 5.40 Å². The lowest BCUT2D eigenvalue weighted by Crippen LogP contribution is -2.11. The molecular formula is C7H11NOS. The summed E-state index contributed by atoms with van der Waals surface area (Å²) in [6.07, 6.45) is 0.577. The fourth-order valence-corrected chi connectivity index (χ4v) is 1.11. The Morgan fingerprint density at radius 1 is 1.80 bits per heavy atom. The molecule has 0 aromatic heterocycles. The number of ketones is 1. The molecule has 0 N–H and O–H groups in total. The molecule has 1 unspecified atom stereocenters. The lowest BCUT2D eigenvalue weighted by Gasteiger charge is -2.03. The number of nitriles is 1. The van der Waals surface area contributed by atoms with E-state index < -0.39 is 0 Å². The number of hydrogen-bond donors (Lipinski definition) is 0. The Morgan fingerprint density at radius 2 is 2.40 bits per heavy atom. The van der Waals surface area contributed by atoms with Crippen molar-refractivity contribution in [3.05, 3.63) is 0 Å². The van der Waals surface area contributed by atoms with E-state index in [4.69, 9.17) is 5.26 Å². The van der Waals surface area contributed by atoms with Gasteiger partial charge in [0.05, 0.1) is 0 Å². The lowest BCUT2D eigenvalue weighted by molar-refractivity contribution is -0.121. The molecule has 2 nitrogen and oxygen atoms in total. The third-order valence-corrected chi connectivity index (χ3v) is 2.09. The summed E-state index contributed by atoms with van der Waals surface area (Å²) in [4.78, 5) is 10.9. The van der Waals surface area contributed by atoms with Gasteiger partial charge in [0, 0.05) is 18.1 Å². The zero-order chi connectivity index (χ0) is 7.98. The Hall–Kier alpha value is -0.490. The van der Waals surface area contributed by atoms with Crippen LogP contribution in [0.5, 0.6) is 0 Å². The molecule has 0 aromatic carbocycles. The fraction of sp³-hybridized carbons (Fsp3) is 0.714. The van der Waals surface area contributed by atoms with Gasteiger partial charge in [-0.25, -0.2) is 0 Å². The Kier molecular flexibility index (Phi) is 5.05. The molecule has 0 saturated heterocycles. The van der Waals surface area contributed by atoms with Gasteiger partial charge in [-0.15, -0.1) is 0 Å². The van der Waals surface area contributed by atoms with Crippen LogP contribution in [0.15, 0.2) is 0 Å². The van der Waals surface area contributed by atoms with Crippen LogP contribution in [0.4, 0.5) is 0 Å². The van der Waals surface area contributed by atoms with Crippen LogP contribution >= 0.6 is 11.8 Å². The van der Waals surface area contributed by atoms with Crippen LogP contribution < -0.4 is 0 Å². The smallest absolute Gasteiger partial charge is 0.136 e. The Bertz CT molecular complexity index is 150. The number of hydrogen-bond acceptors (Lipinski definition) is 3. The van der Waals surface area contributed by atoms with E-state index in [0.717, 1.165) is 11.8 Å². The van der Waals surface area contributed by atoms with E-state index in [9.17, 15) is 4.79 Å². The van der Waals surface area contributed by atoms with Crippen LogP contribution in [0.2, 0.25) is 0 Å². The molecule has 0 bridgehead atoms. The second kappa shape index (κ2) is 5.31. The zero-order valence-corrected chi connectivity index (χ0v) is 7.07. The molecule has 0 amide bonds. The number of carbonyl (C=O) groups excluding carboxylic acids is 1. The highest BCUT2D eigenvalue weighted by Crippen LogP contribution is 2.08. The minimum atomic E-state index is 0.0367. The van der Waals surface area contributed by atoms with Crippen LogP contribution in [-0.4, -0.2) is 11.5 Å². The highest BCUT2D eigenvalue weighted by Gasteiger charge is 2.09. The molecule has 3 heteroatoms. The van der Waals surface area contributed by atoms with Crippen LogP contribution in [0, 0.1) is 16.6 Å². The van der Waals surface area contributed by atoms with E-state index in [1.54, 1.807) is 0 Å². The van der Waals surface area contributed by atoms with Gasteiger partial charge >= 0.3 is 0 Å². The van der Waals surface area contributed by atoms with Crippen molar-refractivity contribution >= 4 is 17.5 Å². The maximum absolute atomic E-state index is 10.9. The molecule has 0 rings (SSSR count). The van der Waals surface area contributed by atoms with E-state index in [-0.39, 0.29) is 11.7 Å². The molecule has 0 aliphatic carbocycles. The molecule has 0 aromatic rings. The number of nitrogens with zero attached hydrogens (tertiary/aromatic N) is 1. The third kappa shape index (κ3) is 3.52. The third-order valence-electron chi connectivity index (χ3n) is 1.30. The molecule has 0 aliphatic rings. The van der Waals surface area contributed by atoms with Gasteiger partial charge in [0.15, 0.2) is 0 Å². The predicted octanol–water partition coefficient (Wildman–Crippen LogP) is 1.82. The first kappa shape index (κ1) is 9.51. The molecule has 0 fully saturated rings. The molecule has 0 spiro atoms. The largest absolute Gasteiger partial charge is 0.299 e.